The Morgan fingerprint density at radius 3 is 0.857 bits per heavy atom. The standard InChI is InChI=1S/C79H144O17P2/c1-5-9-13-17-21-25-29-33-36-40-44-48-52-56-60-64-77(82)90-70-75(96-79(84)66-62-58-54-50-46-42-38-35-31-27-23-19-15-11-7-3)72-94-98(87,88)92-68-73(80)67-91-97(85,86)93-71-74(69-89-76(81)63-59-55-51-47-43-39-32-28-24-20-16-12-8-4)95-78(83)65-61-57-53-49-45-41-37-34-30-26-22-18-14-10-6-2/h21,25,27,31,33-38,73-75,80H,5-20,22-24,26,28-30,32,39-72H2,1-4H3,(H,85,86)(H,87,88)/b25-21-,31-27-,36-33-,37-34-,38-35-/t73-,74+,75+/m0/s1. The number of esters is 4. The molecule has 5 atom stereocenters. The first-order valence-corrected chi connectivity index (χ1v) is 42.5. The van der Waals surface area contributed by atoms with Crippen LogP contribution < -0.4 is 0 Å². The number of aliphatic hydroxyl groups excluding tert-OH is 1. The smallest absolute Gasteiger partial charge is 0.462 e. The average molecular weight is 1430 g/mol. The van der Waals surface area contributed by atoms with Gasteiger partial charge in [0.05, 0.1) is 26.4 Å². The van der Waals surface area contributed by atoms with Gasteiger partial charge in [-0.1, -0.05) is 288 Å². The summed E-state index contributed by atoms with van der Waals surface area (Å²) in [5, 5.41) is 10.6. The second-order valence-electron chi connectivity index (χ2n) is 26.7. The highest BCUT2D eigenvalue weighted by atomic mass is 31.2. The largest absolute Gasteiger partial charge is 0.472 e. The van der Waals surface area contributed by atoms with Crippen LogP contribution >= 0.6 is 15.6 Å². The molecule has 0 fully saturated rings. The molecule has 0 radical (unpaired) electrons. The van der Waals surface area contributed by atoms with E-state index in [9.17, 15) is 43.2 Å². The van der Waals surface area contributed by atoms with E-state index in [4.69, 9.17) is 37.0 Å². The van der Waals surface area contributed by atoms with Gasteiger partial charge in [-0.25, -0.2) is 9.13 Å². The molecule has 0 spiro atoms. The van der Waals surface area contributed by atoms with Crippen molar-refractivity contribution in [1.82, 2.24) is 0 Å². The average Bonchev–Trinajstić information content (AvgIpc) is 1.04. The fourth-order valence-corrected chi connectivity index (χ4v) is 12.5. The molecule has 0 aliphatic heterocycles. The lowest BCUT2D eigenvalue weighted by molar-refractivity contribution is -0.161. The number of phosphoric acid groups is 2. The van der Waals surface area contributed by atoms with Gasteiger partial charge >= 0.3 is 39.5 Å². The highest BCUT2D eigenvalue weighted by Gasteiger charge is 2.30. The minimum atomic E-state index is -4.98. The Bertz CT molecular complexity index is 2100. The molecule has 0 saturated heterocycles. The van der Waals surface area contributed by atoms with E-state index in [0.717, 1.165) is 141 Å². The predicted octanol–water partition coefficient (Wildman–Crippen LogP) is 22.7. The number of carbonyl (C=O) groups is 4. The van der Waals surface area contributed by atoms with Gasteiger partial charge in [0, 0.05) is 25.7 Å². The number of ether oxygens (including phenoxy) is 4. The van der Waals surface area contributed by atoms with Gasteiger partial charge in [0.15, 0.2) is 12.2 Å². The maximum atomic E-state index is 13.1. The van der Waals surface area contributed by atoms with E-state index in [0.29, 0.717) is 25.7 Å². The third-order valence-corrected chi connectivity index (χ3v) is 18.9. The second kappa shape index (κ2) is 72.1. The van der Waals surface area contributed by atoms with Crippen LogP contribution in [0, 0.1) is 0 Å². The second-order valence-corrected chi connectivity index (χ2v) is 29.6. The molecule has 0 aliphatic rings. The third kappa shape index (κ3) is 71.2. The van der Waals surface area contributed by atoms with E-state index in [1.807, 2.05) is 0 Å². The van der Waals surface area contributed by atoms with Gasteiger partial charge in [0.25, 0.3) is 0 Å². The first-order chi connectivity index (χ1) is 47.7. The number of rotatable bonds is 75. The third-order valence-electron chi connectivity index (χ3n) is 17.0. The van der Waals surface area contributed by atoms with E-state index < -0.39 is 97.5 Å². The molecule has 2 unspecified atom stereocenters. The predicted molar refractivity (Wildman–Crippen MR) is 400 cm³/mol. The number of carbonyl (C=O) groups excluding carboxylic acids is 4. The number of aliphatic hydroxyl groups is 1. The maximum Gasteiger partial charge on any atom is 0.472 e. The van der Waals surface area contributed by atoms with E-state index >= 15 is 0 Å². The van der Waals surface area contributed by atoms with Gasteiger partial charge < -0.3 is 33.8 Å². The van der Waals surface area contributed by atoms with Crippen molar-refractivity contribution in [3.05, 3.63) is 60.8 Å². The summed E-state index contributed by atoms with van der Waals surface area (Å²) >= 11 is 0. The topological polar surface area (TPSA) is 237 Å². The van der Waals surface area contributed by atoms with E-state index in [2.05, 4.69) is 88.5 Å². The zero-order valence-corrected chi connectivity index (χ0v) is 64.3. The Morgan fingerprint density at radius 2 is 0.531 bits per heavy atom. The Morgan fingerprint density at radius 1 is 0.296 bits per heavy atom. The lowest BCUT2D eigenvalue weighted by Crippen LogP contribution is -2.30. The number of phosphoric ester groups is 2. The van der Waals surface area contributed by atoms with Gasteiger partial charge in [0.1, 0.15) is 19.3 Å². The molecule has 17 nitrogen and oxygen atoms in total. The molecule has 0 amide bonds. The Labute approximate surface area is 597 Å². The molecule has 572 valence electrons. The molecular formula is C79H144O17P2. The molecule has 0 heterocycles. The molecule has 0 bridgehead atoms. The molecule has 0 saturated carbocycles. The van der Waals surface area contributed by atoms with Crippen molar-refractivity contribution >= 4 is 39.5 Å². The lowest BCUT2D eigenvalue weighted by atomic mass is 10.0. The van der Waals surface area contributed by atoms with Crippen LogP contribution in [0.2, 0.25) is 0 Å². The summed E-state index contributed by atoms with van der Waals surface area (Å²) in [6.07, 6.45) is 70.5. The van der Waals surface area contributed by atoms with Crippen LogP contribution in [0.3, 0.4) is 0 Å². The number of hydrogen-bond donors (Lipinski definition) is 3. The van der Waals surface area contributed by atoms with E-state index in [1.165, 1.54) is 141 Å². The summed E-state index contributed by atoms with van der Waals surface area (Å²) in [4.78, 5) is 72.9. The Balaban J connectivity index is 5.35. The summed E-state index contributed by atoms with van der Waals surface area (Å²) in [5.41, 5.74) is 0. The lowest BCUT2D eigenvalue weighted by Gasteiger charge is -2.21. The molecule has 0 aliphatic carbocycles. The van der Waals surface area contributed by atoms with Crippen LogP contribution in [0.25, 0.3) is 0 Å². The SMILES string of the molecule is CCCCC/C=C\C/C=C\CCCCCCCC(=O)OC[C@H](COP(=O)(O)OC[C@@H](O)COP(=O)(O)OC[C@@H](COC(=O)CCCCCCCCCCCCCCC)OC(=O)CCCCCCC/C=C\CCCCCCCC)OC(=O)CCCCCCC/C=C\C=C/CCCCCC. The van der Waals surface area contributed by atoms with Crippen LogP contribution in [0.5, 0.6) is 0 Å². The van der Waals surface area contributed by atoms with Gasteiger partial charge in [0.2, 0.25) is 0 Å². The van der Waals surface area contributed by atoms with Crippen molar-refractivity contribution in [3.8, 4) is 0 Å². The molecule has 0 aromatic carbocycles. The Hall–Kier alpha value is -3.24. The van der Waals surface area contributed by atoms with Gasteiger partial charge in [-0.05, 0) is 109 Å². The zero-order valence-electron chi connectivity index (χ0n) is 62.5. The summed E-state index contributed by atoms with van der Waals surface area (Å²) < 4.78 is 68.5. The number of allylic oxidation sites excluding steroid dienone is 10. The molecule has 19 heteroatoms. The van der Waals surface area contributed by atoms with Crippen molar-refractivity contribution in [3.63, 3.8) is 0 Å². The molecule has 3 N–H and O–H groups in total. The molecule has 98 heavy (non-hydrogen) atoms. The van der Waals surface area contributed by atoms with Crippen LogP contribution in [0.4, 0.5) is 0 Å². The zero-order chi connectivity index (χ0) is 71.8. The van der Waals surface area contributed by atoms with Crippen molar-refractivity contribution in [2.45, 2.75) is 380 Å². The van der Waals surface area contributed by atoms with E-state index in [1.54, 1.807) is 0 Å². The van der Waals surface area contributed by atoms with Gasteiger partial charge in [-0.2, -0.15) is 0 Å². The summed E-state index contributed by atoms with van der Waals surface area (Å²) in [6.45, 7) is 4.84. The monoisotopic (exact) mass is 1430 g/mol. The normalized spacial score (nSPS) is 14.2. The quantitative estimate of drug-likeness (QED) is 0.0128. The van der Waals surface area contributed by atoms with Crippen LogP contribution in [0.15, 0.2) is 60.8 Å². The highest BCUT2D eigenvalue weighted by molar-refractivity contribution is 7.47. The first kappa shape index (κ1) is 94.8. The van der Waals surface area contributed by atoms with Crippen LogP contribution in [-0.2, 0) is 65.4 Å². The minimum Gasteiger partial charge on any atom is -0.462 e. The highest BCUT2D eigenvalue weighted by Crippen LogP contribution is 2.45. The van der Waals surface area contributed by atoms with Crippen molar-refractivity contribution in [2.24, 2.45) is 0 Å². The van der Waals surface area contributed by atoms with Crippen LogP contribution in [0.1, 0.15) is 362 Å². The van der Waals surface area contributed by atoms with Gasteiger partial charge in [-0.3, -0.25) is 37.3 Å². The molecule has 0 rings (SSSR count). The summed E-state index contributed by atoms with van der Waals surface area (Å²) in [5.74, 6) is -2.18. The maximum absolute atomic E-state index is 13.1. The van der Waals surface area contributed by atoms with Crippen molar-refractivity contribution < 1.29 is 80.2 Å². The molecule has 0 aromatic heterocycles. The summed E-state index contributed by atoms with van der Waals surface area (Å²) in [6, 6.07) is 0. The summed E-state index contributed by atoms with van der Waals surface area (Å²) in [7, 11) is -9.95. The fraction of sp³-hybridized carbons (Fsp3) is 0.823. The van der Waals surface area contributed by atoms with E-state index in [-0.39, 0.29) is 25.7 Å². The van der Waals surface area contributed by atoms with Gasteiger partial charge in [-0.15, -0.1) is 0 Å². The van der Waals surface area contributed by atoms with Crippen molar-refractivity contribution in [1.29, 1.82) is 0 Å². The minimum absolute atomic E-state index is 0.0776. The number of hydrogen-bond acceptors (Lipinski definition) is 15. The molecular weight excluding hydrogens is 1280 g/mol. The van der Waals surface area contributed by atoms with Crippen molar-refractivity contribution in [2.75, 3.05) is 39.6 Å². The fourth-order valence-electron chi connectivity index (χ4n) is 10.9. The number of unbranched alkanes of at least 4 members (excludes halogenated alkanes) is 40. The first-order valence-electron chi connectivity index (χ1n) is 39.5. The van der Waals surface area contributed by atoms with Crippen LogP contribution in [-0.4, -0.2) is 96.7 Å². The molecule has 0 aromatic rings. The Kier molecular flexibility index (Phi) is 69.7.